The van der Waals surface area contributed by atoms with Gasteiger partial charge in [0.1, 0.15) is 18.5 Å². The van der Waals surface area contributed by atoms with Crippen molar-refractivity contribution in [2.24, 2.45) is 5.92 Å². The second-order valence-electron chi connectivity index (χ2n) is 9.80. The molecule has 7 heteroatoms. The zero-order chi connectivity index (χ0) is 24.4. The molecule has 0 aromatic heterocycles. The van der Waals surface area contributed by atoms with Crippen molar-refractivity contribution < 1.29 is 19.0 Å². The normalized spacial score (nSPS) is 22.0. The van der Waals surface area contributed by atoms with Crippen molar-refractivity contribution >= 4 is 17.5 Å². The summed E-state index contributed by atoms with van der Waals surface area (Å²) in [6.45, 7) is 2.96. The minimum Gasteiger partial charge on any atom is -0.491 e. The van der Waals surface area contributed by atoms with Gasteiger partial charge in [-0.2, -0.15) is 5.26 Å². The average molecular weight is 476 g/mol. The Bertz CT molecular complexity index is 1090. The summed E-state index contributed by atoms with van der Waals surface area (Å²) >= 11 is 0. The predicted molar refractivity (Wildman–Crippen MR) is 134 cm³/mol. The summed E-state index contributed by atoms with van der Waals surface area (Å²) in [4.78, 5) is 14.7. The molecule has 2 aromatic carbocycles. The van der Waals surface area contributed by atoms with Crippen LogP contribution in [0.3, 0.4) is 0 Å². The molecule has 0 bridgehead atoms. The molecule has 1 N–H and O–H groups in total. The van der Waals surface area contributed by atoms with E-state index in [2.05, 4.69) is 22.4 Å². The summed E-state index contributed by atoms with van der Waals surface area (Å²) in [7, 11) is 1.66. The largest absolute Gasteiger partial charge is 0.491 e. The Hall–Kier alpha value is -3.24. The van der Waals surface area contributed by atoms with Crippen LogP contribution in [0.25, 0.3) is 0 Å². The molecule has 7 nitrogen and oxygen atoms in total. The fourth-order valence-corrected chi connectivity index (χ4v) is 5.15. The number of fused-ring (bicyclic) bond motifs is 1. The molecule has 5 rings (SSSR count). The smallest absolute Gasteiger partial charge is 0.411 e. The van der Waals surface area contributed by atoms with Crippen LogP contribution in [0.1, 0.15) is 62.1 Å². The molecule has 2 aliphatic carbocycles. The molecular formula is C28H33N3O4. The molecule has 2 saturated carbocycles. The Labute approximate surface area is 207 Å². The number of hydrogen-bond acceptors (Lipinski definition) is 6. The van der Waals surface area contributed by atoms with Crippen molar-refractivity contribution in [1.82, 2.24) is 0 Å². The number of methoxy groups -OCH3 is 1. The average Bonchev–Trinajstić information content (AvgIpc) is 3.63. The Morgan fingerprint density at radius 3 is 2.54 bits per heavy atom. The Morgan fingerprint density at radius 2 is 1.91 bits per heavy atom. The quantitative estimate of drug-likeness (QED) is 0.463. The van der Waals surface area contributed by atoms with E-state index in [1.165, 1.54) is 6.42 Å². The van der Waals surface area contributed by atoms with E-state index in [-0.39, 0.29) is 18.1 Å². The molecule has 1 aliphatic heterocycles. The molecule has 35 heavy (non-hydrogen) atoms. The number of amides is 1. The molecule has 184 valence electrons. The van der Waals surface area contributed by atoms with Crippen molar-refractivity contribution in [3.05, 3.63) is 53.6 Å². The molecule has 3 aliphatic rings. The highest BCUT2D eigenvalue weighted by molar-refractivity contribution is 5.84. The Balaban J connectivity index is 1.36. The number of benzene rings is 2. The van der Waals surface area contributed by atoms with Gasteiger partial charge in [0.25, 0.3) is 0 Å². The third-order valence-corrected chi connectivity index (χ3v) is 7.47. The van der Waals surface area contributed by atoms with Gasteiger partial charge in [-0.3, -0.25) is 5.32 Å². The molecule has 2 aromatic rings. The van der Waals surface area contributed by atoms with Gasteiger partial charge >= 0.3 is 6.09 Å². The third-order valence-electron chi connectivity index (χ3n) is 7.47. The zero-order valence-corrected chi connectivity index (χ0v) is 20.4. The van der Waals surface area contributed by atoms with Crippen LogP contribution in [0.2, 0.25) is 0 Å². The first kappa shape index (κ1) is 23.5. The molecular weight excluding hydrogens is 442 g/mol. The van der Waals surface area contributed by atoms with Crippen LogP contribution in [0.15, 0.2) is 42.5 Å². The lowest BCUT2D eigenvalue weighted by molar-refractivity contribution is 0.108. The van der Waals surface area contributed by atoms with Crippen LogP contribution in [-0.4, -0.2) is 38.6 Å². The number of nitrogens with zero attached hydrogens (tertiary/aromatic N) is 2. The summed E-state index contributed by atoms with van der Waals surface area (Å²) in [5.74, 6) is 1.01. The molecule has 1 amide bonds. The first-order valence-electron chi connectivity index (χ1n) is 12.6. The van der Waals surface area contributed by atoms with Gasteiger partial charge in [0.15, 0.2) is 0 Å². The number of rotatable bonds is 9. The number of ether oxygens (including phenoxy) is 3. The van der Waals surface area contributed by atoms with Crippen molar-refractivity contribution in [3.63, 3.8) is 0 Å². The van der Waals surface area contributed by atoms with Crippen molar-refractivity contribution in [3.8, 4) is 11.8 Å². The lowest BCUT2D eigenvalue weighted by atomic mass is 9.87. The van der Waals surface area contributed by atoms with Crippen molar-refractivity contribution in [2.75, 3.05) is 30.5 Å². The van der Waals surface area contributed by atoms with Crippen LogP contribution in [0.4, 0.5) is 16.2 Å². The third kappa shape index (κ3) is 4.94. The van der Waals surface area contributed by atoms with E-state index in [1.54, 1.807) is 7.11 Å². The lowest BCUT2D eigenvalue weighted by Gasteiger charge is -2.41. The Kier molecular flexibility index (Phi) is 6.83. The van der Waals surface area contributed by atoms with Crippen LogP contribution < -0.4 is 15.0 Å². The highest BCUT2D eigenvalue weighted by Crippen LogP contribution is 2.53. The molecule has 3 atom stereocenters. The van der Waals surface area contributed by atoms with Crippen LogP contribution in [-0.2, 0) is 9.47 Å². The zero-order valence-electron chi connectivity index (χ0n) is 20.4. The van der Waals surface area contributed by atoms with E-state index >= 15 is 0 Å². The fraction of sp³-hybridized carbons (Fsp3) is 0.500. The van der Waals surface area contributed by atoms with Gasteiger partial charge in [-0.05, 0) is 74.3 Å². The second kappa shape index (κ2) is 10.2. The highest BCUT2D eigenvalue weighted by atomic mass is 16.6. The summed E-state index contributed by atoms with van der Waals surface area (Å²) in [5.41, 5.74) is 3.88. The van der Waals surface area contributed by atoms with Gasteiger partial charge in [0.2, 0.25) is 0 Å². The van der Waals surface area contributed by atoms with Crippen molar-refractivity contribution in [2.45, 2.75) is 63.1 Å². The maximum atomic E-state index is 12.3. The number of hydrogen-bond donors (Lipinski definition) is 1. The second-order valence-corrected chi connectivity index (χ2v) is 9.80. The maximum absolute atomic E-state index is 12.3. The van der Waals surface area contributed by atoms with E-state index in [0.717, 1.165) is 48.2 Å². The minimum atomic E-state index is -0.419. The topological polar surface area (TPSA) is 83.8 Å². The first-order chi connectivity index (χ1) is 17.1. The van der Waals surface area contributed by atoms with Gasteiger partial charge in [-0.15, -0.1) is 0 Å². The van der Waals surface area contributed by atoms with E-state index < -0.39 is 6.09 Å². The number of carbonyl (C=O) groups is 1. The maximum Gasteiger partial charge on any atom is 0.411 e. The summed E-state index contributed by atoms with van der Waals surface area (Å²) in [6.07, 6.45) is 5.23. The first-order valence-corrected chi connectivity index (χ1v) is 12.6. The number of anilines is 2. The lowest BCUT2D eigenvalue weighted by Crippen LogP contribution is -2.41. The molecule has 3 unspecified atom stereocenters. The van der Waals surface area contributed by atoms with E-state index in [9.17, 15) is 10.1 Å². The number of nitriles is 1. The van der Waals surface area contributed by atoms with Gasteiger partial charge in [0, 0.05) is 30.6 Å². The standard InChI is InChI=1S/C28H33N3O4/c1-18(19-6-7-19)35-28(32)30-21-10-8-20(9-11-21)27-25(17-29)24-13-12-23(34-15-14-33-2)16-26(24)31(27)22-4-3-5-22/h8-13,16,18-19,22,25,27H,3-7,14-15H2,1-2H3,(H,30,32). The van der Waals surface area contributed by atoms with Gasteiger partial charge in [0.05, 0.1) is 24.6 Å². The van der Waals surface area contributed by atoms with Crippen LogP contribution in [0.5, 0.6) is 5.75 Å². The molecule has 0 spiro atoms. The molecule has 0 saturated heterocycles. The van der Waals surface area contributed by atoms with E-state index in [0.29, 0.717) is 30.9 Å². The fourth-order valence-electron chi connectivity index (χ4n) is 5.15. The van der Waals surface area contributed by atoms with E-state index in [1.807, 2.05) is 43.3 Å². The van der Waals surface area contributed by atoms with Crippen LogP contribution in [0, 0.1) is 17.2 Å². The number of nitrogens with one attached hydrogen (secondary N) is 1. The SMILES string of the molecule is COCCOc1ccc2c(c1)N(C1CCC1)C(c1ccc(NC(=O)OC(C)C3CC3)cc1)C2C#N. The van der Waals surface area contributed by atoms with Crippen LogP contribution >= 0.6 is 0 Å². The van der Waals surface area contributed by atoms with Gasteiger partial charge in [-0.25, -0.2) is 4.79 Å². The van der Waals surface area contributed by atoms with Gasteiger partial charge < -0.3 is 19.1 Å². The molecule has 2 fully saturated rings. The number of carbonyl (C=O) groups excluding carboxylic acids is 1. The van der Waals surface area contributed by atoms with Gasteiger partial charge in [-0.1, -0.05) is 18.2 Å². The van der Waals surface area contributed by atoms with Crippen molar-refractivity contribution in [1.29, 1.82) is 5.26 Å². The monoisotopic (exact) mass is 475 g/mol. The molecule has 0 radical (unpaired) electrons. The highest BCUT2D eigenvalue weighted by Gasteiger charge is 2.44. The predicted octanol–water partition coefficient (Wildman–Crippen LogP) is 5.78. The molecule has 1 heterocycles. The Morgan fingerprint density at radius 1 is 1.14 bits per heavy atom. The summed E-state index contributed by atoms with van der Waals surface area (Å²) < 4.78 is 16.5. The minimum absolute atomic E-state index is 0.0537. The summed E-state index contributed by atoms with van der Waals surface area (Å²) in [5, 5.41) is 13.0. The van der Waals surface area contributed by atoms with E-state index in [4.69, 9.17) is 14.2 Å². The summed E-state index contributed by atoms with van der Waals surface area (Å²) in [6, 6.07) is 16.8.